The molecule has 0 aliphatic carbocycles. The summed E-state index contributed by atoms with van der Waals surface area (Å²) in [6, 6.07) is 15.6. The number of Topliss-reactive ketones (excluding diaryl/α,β-unsaturated/α-hetero) is 2. The molecule has 0 aliphatic heterocycles. The molecule has 0 N–H and O–H groups in total. The smallest absolute Gasteiger partial charge is 0.382 e. The molecule has 0 radical (unpaired) electrons. The van der Waals surface area contributed by atoms with E-state index in [1.807, 2.05) is 0 Å². The summed E-state index contributed by atoms with van der Waals surface area (Å²) in [7, 11) is 0. The van der Waals surface area contributed by atoms with Crippen LogP contribution in [-0.4, -0.2) is 29.8 Å². The van der Waals surface area contributed by atoms with Crippen molar-refractivity contribution in [2.45, 2.75) is 13.2 Å². The molecule has 2 rings (SSSR count). The van der Waals surface area contributed by atoms with Crippen molar-refractivity contribution in [3.05, 3.63) is 71.8 Å². The number of ketones is 2. The standard InChI is InChI=1S/C18H14O6/c1-12(23-17(21)15(19)13-8-4-2-5-9-13)24-18(22)16(20)14-10-6-3-7-11-14/h2-12H,1H3. The van der Waals surface area contributed by atoms with Crippen LogP contribution in [0.2, 0.25) is 0 Å². The SMILES string of the molecule is CC(OC(=O)C(=O)c1ccccc1)OC(=O)C(=O)c1ccccc1. The molecule has 0 fully saturated rings. The molecular weight excluding hydrogens is 312 g/mol. The molecule has 0 amide bonds. The number of esters is 2. The molecule has 6 heteroatoms. The summed E-state index contributed by atoms with van der Waals surface area (Å²) >= 11 is 0. The Bertz CT molecular complexity index is 686. The van der Waals surface area contributed by atoms with E-state index in [1.54, 1.807) is 36.4 Å². The average Bonchev–Trinajstić information content (AvgIpc) is 2.61. The fraction of sp³-hybridized carbons (Fsp3) is 0.111. The summed E-state index contributed by atoms with van der Waals surface area (Å²) in [6.07, 6.45) is -1.37. The Labute approximate surface area is 138 Å². The fourth-order valence-electron chi connectivity index (χ4n) is 1.85. The van der Waals surface area contributed by atoms with E-state index >= 15 is 0 Å². The van der Waals surface area contributed by atoms with Crippen LogP contribution in [0.3, 0.4) is 0 Å². The summed E-state index contributed by atoms with van der Waals surface area (Å²) < 4.78 is 9.48. The third kappa shape index (κ3) is 4.36. The minimum absolute atomic E-state index is 0.154. The Balaban J connectivity index is 1.92. The molecule has 0 bridgehead atoms. The van der Waals surface area contributed by atoms with E-state index in [4.69, 9.17) is 9.47 Å². The van der Waals surface area contributed by atoms with Gasteiger partial charge in [0, 0.05) is 18.1 Å². The van der Waals surface area contributed by atoms with Gasteiger partial charge in [0.2, 0.25) is 6.29 Å². The molecule has 0 unspecified atom stereocenters. The van der Waals surface area contributed by atoms with E-state index in [2.05, 4.69) is 0 Å². The monoisotopic (exact) mass is 326 g/mol. The lowest BCUT2D eigenvalue weighted by Gasteiger charge is -2.13. The molecular formula is C18H14O6. The highest BCUT2D eigenvalue weighted by Crippen LogP contribution is 2.06. The molecule has 6 nitrogen and oxygen atoms in total. The number of carbonyl (C=O) groups is 4. The third-order valence-electron chi connectivity index (χ3n) is 2.99. The molecule has 0 aromatic heterocycles. The van der Waals surface area contributed by atoms with E-state index in [-0.39, 0.29) is 11.1 Å². The summed E-state index contributed by atoms with van der Waals surface area (Å²) in [6.45, 7) is 1.24. The second-order valence-electron chi connectivity index (χ2n) is 4.77. The van der Waals surface area contributed by atoms with Gasteiger partial charge in [-0.3, -0.25) is 9.59 Å². The normalized spacial score (nSPS) is 10.1. The highest BCUT2D eigenvalue weighted by Gasteiger charge is 2.25. The lowest BCUT2D eigenvalue weighted by Crippen LogP contribution is -2.29. The summed E-state index contributed by atoms with van der Waals surface area (Å²) in [5.41, 5.74) is 0.308. The van der Waals surface area contributed by atoms with Crippen LogP contribution in [0, 0.1) is 0 Å². The van der Waals surface area contributed by atoms with Gasteiger partial charge in [0.15, 0.2) is 0 Å². The van der Waals surface area contributed by atoms with Gasteiger partial charge in [-0.15, -0.1) is 0 Å². The predicted octanol–water partition coefficient (Wildman–Crippen LogP) is 2.18. The second-order valence-corrected chi connectivity index (χ2v) is 4.77. The predicted molar refractivity (Wildman–Crippen MR) is 83.2 cm³/mol. The van der Waals surface area contributed by atoms with Crippen LogP contribution >= 0.6 is 0 Å². The first kappa shape index (κ1) is 17.1. The van der Waals surface area contributed by atoms with Gasteiger partial charge in [-0.25, -0.2) is 9.59 Å². The Morgan fingerprint density at radius 1 is 0.667 bits per heavy atom. The quantitative estimate of drug-likeness (QED) is 0.350. The van der Waals surface area contributed by atoms with Gasteiger partial charge in [0.1, 0.15) is 0 Å². The van der Waals surface area contributed by atoms with Crippen LogP contribution in [-0.2, 0) is 19.1 Å². The zero-order valence-electron chi connectivity index (χ0n) is 12.8. The van der Waals surface area contributed by atoms with Crippen LogP contribution in [0.5, 0.6) is 0 Å². The first-order chi connectivity index (χ1) is 11.5. The van der Waals surface area contributed by atoms with Crippen molar-refractivity contribution in [1.29, 1.82) is 0 Å². The maximum Gasteiger partial charge on any atom is 0.382 e. The van der Waals surface area contributed by atoms with E-state index in [0.717, 1.165) is 0 Å². The average molecular weight is 326 g/mol. The Kier molecular flexibility index (Phi) is 5.57. The van der Waals surface area contributed by atoms with Gasteiger partial charge in [0.25, 0.3) is 11.6 Å². The summed E-state index contributed by atoms with van der Waals surface area (Å²) in [5, 5.41) is 0. The molecule has 2 aromatic rings. The zero-order chi connectivity index (χ0) is 17.5. The van der Waals surface area contributed by atoms with E-state index in [9.17, 15) is 19.2 Å². The topological polar surface area (TPSA) is 86.7 Å². The number of hydrogen-bond donors (Lipinski definition) is 0. The Morgan fingerprint density at radius 3 is 1.33 bits per heavy atom. The largest absolute Gasteiger partial charge is 0.419 e. The first-order valence-corrected chi connectivity index (χ1v) is 7.09. The van der Waals surface area contributed by atoms with Crippen LogP contribution in [0.15, 0.2) is 60.7 Å². The number of hydrogen-bond acceptors (Lipinski definition) is 6. The van der Waals surface area contributed by atoms with Crippen molar-refractivity contribution in [2.24, 2.45) is 0 Å². The maximum absolute atomic E-state index is 11.8. The Hall–Kier alpha value is -3.28. The van der Waals surface area contributed by atoms with E-state index in [1.165, 1.54) is 31.2 Å². The van der Waals surface area contributed by atoms with Crippen molar-refractivity contribution in [1.82, 2.24) is 0 Å². The minimum Gasteiger partial charge on any atom is -0.419 e. The van der Waals surface area contributed by atoms with Gasteiger partial charge >= 0.3 is 11.9 Å². The van der Waals surface area contributed by atoms with Gasteiger partial charge in [-0.05, 0) is 0 Å². The number of benzene rings is 2. The molecule has 0 saturated heterocycles. The Morgan fingerprint density at radius 2 is 1.00 bits per heavy atom. The molecule has 122 valence electrons. The number of carbonyl (C=O) groups excluding carboxylic acids is 4. The zero-order valence-corrected chi connectivity index (χ0v) is 12.8. The molecule has 2 aromatic carbocycles. The van der Waals surface area contributed by atoms with E-state index < -0.39 is 29.8 Å². The third-order valence-corrected chi connectivity index (χ3v) is 2.99. The van der Waals surface area contributed by atoms with Crippen LogP contribution in [0.4, 0.5) is 0 Å². The van der Waals surface area contributed by atoms with Crippen molar-refractivity contribution >= 4 is 23.5 Å². The van der Waals surface area contributed by atoms with Crippen molar-refractivity contribution < 1.29 is 28.7 Å². The molecule has 0 aliphatic rings. The molecule has 0 saturated carbocycles. The lowest BCUT2D eigenvalue weighted by atomic mass is 10.1. The van der Waals surface area contributed by atoms with Crippen molar-refractivity contribution in [3.63, 3.8) is 0 Å². The van der Waals surface area contributed by atoms with Gasteiger partial charge in [-0.2, -0.15) is 0 Å². The van der Waals surface area contributed by atoms with Crippen molar-refractivity contribution in [2.75, 3.05) is 0 Å². The van der Waals surface area contributed by atoms with Crippen LogP contribution in [0.1, 0.15) is 27.6 Å². The molecule has 0 atom stereocenters. The molecule has 0 heterocycles. The second kappa shape index (κ2) is 7.82. The number of ether oxygens (including phenoxy) is 2. The van der Waals surface area contributed by atoms with Gasteiger partial charge in [-0.1, -0.05) is 60.7 Å². The van der Waals surface area contributed by atoms with Crippen LogP contribution < -0.4 is 0 Å². The summed E-state index contributed by atoms with van der Waals surface area (Å²) in [4.78, 5) is 47.1. The maximum atomic E-state index is 11.8. The first-order valence-electron chi connectivity index (χ1n) is 7.09. The molecule has 24 heavy (non-hydrogen) atoms. The summed E-state index contributed by atoms with van der Waals surface area (Å²) in [5.74, 6) is -4.08. The van der Waals surface area contributed by atoms with Gasteiger partial charge in [0.05, 0.1) is 0 Å². The lowest BCUT2D eigenvalue weighted by molar-refractivity contribution is -0.177. The van der Waals surface area contributed by atoms with E-state index in [0.29, 0.717) is 0 Å². The van der Waals surface area contributed by atoms with Crippen LogP contribution in [0.25, 0.3) is 0 Å². The highest BCUT2D eigenvalue weighted by molar-refractivity contribution is 6.41. The minimum atomic E-state index is -1.37. The number of rotatable bonds is 6. The van der Waals surface area contributed by atoms with Gasteiger partial charge < -0.3 is 9.47 Å². The fourth-order valence-corrected chi connectivity index (χ4v) is 1.85. The molecule has 0 spiro atoms. The van der Waals surface area contributed by atoms with Crippen molar-refractivity contribution in [3.8, 4) is 0 Å². The highest BCUT2D eigenvalue weighted by atomic mass is 16.7.